The Morgan fingerprint density at radius 1 is 1.09 bits per heavy atom. The van der Waals surface area contributed by atoms with Gasteiger partial charge in [-0.05, 0) is 61.9 Å². The van der Waals surface area contributed by atoms with Crippen molar-refractivity contribution in [2.24, 2.45) is 0 Å². The third kappa shape index (κ3) is 4.07. The fourth-order valence-corrected chi connectivity index (χ4v) is 5.36. The van der Waals surface area contributed by atoms with E-state index >= 15 is 0 Å². The van der Waals surface area contributed by atoms with E-state index in [9.17, 15) is 9.59 Å². The van der Waals surface area contributed by atoms with Crippen LogP contribution in [0.5, 0.6) is 0 Å². The number of ketones is 1. The molecule has 1 amide bonds. The van der Waals surface area contributed by atoms with Crippen LogP contribution in [-0.2, 0) is 24.2 Å². The Balaban J connectivity index is 1.41. The SMILES string of the molecule is CC(Sc1nnc(CN2CCCC2=O)n1-c1ccccn1)C(=O)c1ccc2c(c1)CCC2. The Morgan fingerprint density at radius 2 is 1.97 bits per heavy atom. The molecule has 1 fully saturated rings. The van der Waals surface area contributed by atoms with Crippen LogP contribution >= 0.6 is 11.8 Å². The second-order valence-electron chi connectivity index (χ2n) is 8.30. The topological polar surface area (TPSA) is 81.0 Å². The molecule has 3 heterocycles. The third-order valence-corrected chi connectivity index (χ3v) is 7.16. The van der Waals surface area contributed by atoms with Crippen LogP contribution in [0.1, 0.15) is 53.5 Å². The molecule has 3 aromatic rings. The molecule has 2 aliphatic rings. The summed E-state index contributed by atoms with van der Waals surface area (Å²) >= 11 is 1.38. The number of carbonyl (C=O) groups excluding carboxylic acids is 2. The smallest absolute Gasteiger partial charge is 0.223 e. The average Bonchev–Trinajstić information content (AvgIpc) is 3.54. The summed E-state index contributed by atoms with van der Waals surface area (Å²) in [5, 5.41) is 9.02. The van der Waals surface area contributed by atoms with E-state index in [2.05, 4.69) is 27.3 Å². The number of hydrogen-bond donors (Lipinski definition) is 0. The number of pyridine rings is 1. The minimum absolute atomic E-state index is 0.0801. The van der Waals surface area contributed by atoms with Crippen LogP contribution in [-0.4, -0.2) is 48.1 Å². The quantitative estimate of drug-likeness (QED) is 0.406. The van der Waals surface area contributed by atoms with Crippen molar-refractivity contribution in [1.29, 1.82) is 0 Å². The van der Waals surface area contributed by atoms with Gasteiger partial charge in [-0.1, -0.05) is 30.0 Å². The van der Waals surface area contributed by atoms with Crippen LogP contribution in [0.15, 0.2) is 47.8 Å². The monoisotopic (exact) mass is 447 g/mol. The highest BCUT2D eigenvalue weighted by Gasteiger charge is 2.27. The zero-order chi connectivity index (χ0) is 22.1. The lowest BCUT2D eigenvalue weighted by Gasteiger charge is -2.17. The van der Waals surface area contributed by atoms with E-state index in [0.717, 1.165) is 37.8 Å². The molecule has 5 rings (SSSR count). The Bertz CT molecular complexity index is 1160. The zero-order valence-electron chi connectivity index (χ0n) is 18.0. The van der Waals surface area contributed by atoms with E-state index < -0.39 is 0 Å². The number of likely N-dealkylation sites (tertiary alicyclic amines) is 1. The maximum atomic E-state index is 13.2. The summed E-state index contributed by atoms with van der Waals surface area (Å²) in [6.45, 7) is 3.01. The zero-order valence-corrected chi connectivity index (χ0v) is 18.8. The number of thioether (sulfide) groups is 1. The van der Waals surface area contributed by atoms with Gasteiger partial charge in [0.05, 0.1) is 11.8 Å². The summed E-state index contributed by atoms with van der Waals surface area (Å²) in [7, 11) is 0. The van der Waals surface area contributed by atoms with E-state index in [0.29, 0.717) is 29.8 Å². The largest absolute Gasteiger partial charge is 0.335 e. The van der Waals surface area contributed by atoms with Crippen molar-refractivity contribution in [3.8, 4) is 5.82 Å². The molecule has 1 aromatic carbocycles. The number of rotatable bonds is 7. The number of hydrogen-bond acceptors (Lipinski definition) is 6. The Morgan fingerprint density at radius 3 is 2.75 bits per heavy atom. The highest BCUT2D eigenvalue weighted by Crippen LogP contribution is 2.29. The van der Waals surface area contributed by atoms with Crippen molar-refractivity contribution in [2.45, 2.75) is 56.0 Å². The van der Waals surface area contributed by atoms with E-state index in [-0.39, 0.29) is 16.9 Å². The highest BCUT2D eigenvalue weighted by molar-refractivity contribution is 8.00. The first-order chi connectivity index (χ1) is 15.6. The van der Waals surface area contributed by atoms with Gasteiger partial charge in [-0.2, -0.15) is 0 Å². The molecule has 0 N–H and O–H groups in total. The predicted octanol–water partition coefficient (Wildman–Crippen LogP) is 3.64. The fourth-order valence-electron chi connectivity index (χ4n) is 4.41. The van der Waals surface area contributed by atoms with Gasteiger partial charge in [0.2, 0.25) is 5.91 Å². The molecular weight excluding hydrogens is 422 g/mol. The summed E-state index contributed by atoms with van der Waals surface area (Å²) in [6, 6.07) is 11.7. The molecular formula is C24H25N5O2S. The second-order valence-corrected chi connectivity index (χ2v) is 9.61. The van der Waals surface area contributed by atoms with Gasteiger partial charge in [0, 0.05) is 24.7 Å². The minimum atomic E-state index is -0.331. The van der Waals surface area contributed by atoms with Crippen LogP contribution in [0.3, 0.4) is 0 Å². The van der Waals surface area contributed by atoms with Crippen LogP contribution in [0.4, 0.5) is 0 Å². The van der Waals surface area contributed by atoms with Crippen molar-refractivity contribution in [3.63, 3.8) is 0 Å². The van der Waals surface area contributed by atoms with Gasteiger partial charge in [-0.15, -0.1) is 10.2 Å². The van der Waals surface area contributed by atoms with Crippen molar-refractivity contribution in [3.05, 3.63) is 65.1 Å². The van der Waals surface area contributed by atoms with Crippen LogP contribution < -0.4 is 0 Å². The molecule has 32 heavy (non-hydrogen) atoms. The fraction of sp³-hybridized carbons (Fsp3) is 0.375. The highest BCUT2D eigenvalue weighted by atomic mass is 32.2. The molecule has 0 spiro atoms. The number of carbonyl (C=O) groups is 2. The Hall–Kier alpha value is -3.00. The minimum Gasteiger partial charge on any atom is -0.335 e. The summed E-state index contributed by atoms with van der Waals surface area (Å²) < 4.78 is 1.86. The number of amides is 1. The number of aryl methyl sites for hydroxylation is 2. The lowest BCUT2D eigenvalue weighted by Crippen LogP contribution is -2.26. The van der Waals surface area contributed by atoms with Gasteiger partial charge in [0.25, 0.3) is 0 Å². The summed E-state index contributed by atoms with van der Waals surface area (Å²) in [5.41, 5.74) is 3.40. The van der Waals surface area contributed by atoms with E-state index in [1.165, 1.54) is 22.9 Å². The lowest BCUT2D eigenvalue weighted by molar-refractivity contribution is -0.128. The summed E-state index contributed by atoms with van der Waals surface area (Å²) in [4.78, 5) is 31.6. The summed E-state index contributed by atoms with van der Waals surface area (Å²) in [5.74, 6) is 1.55. The van der Waals surface area contributed by atoms with Crippen LogP contribution in [0.2, 0.25) is 0 Å². The first-order valence-corrected chi connectivity index (χ1v) is 11.9. The van der Waals surface area contributed by atoms with Gasteiger partial charge >= 0.3 is 0 Å². The third-order valence-electron chi connectivity index (χ3n) is 6.12. The summed E-state index contributed by atoms with van der Waals surface area (Å²) in [6.07, 6.45) is 6.46. The Labute approximate surface area is 191 Å². The molecule has 8 heteroatoms. The lowest BCUT2D eigenvalue weighted by atomic mass is 10.0. The maximum absolute atomic E-state index is 13.2. The molecule has 0 bridgehead atoms. The molecule has 1 saturated heterocycles. The van der Waals surface area contributed by atoms with Crippen molar-refractivity contribution >= 4 is 23.5 Å². The first kappa shape index (κ1) is 20.9. The van der Waals surface area contributed by atoms with E-state index in [1.807, 2.05) is 35.8 Å². The predicted molar refractivity (Wildman–Crippen MR) is 122 cm³/mol. The molecule has 1 aliphatic heterocycles. The van der Waals surface area contributed by atoms with Gasteiger partial charge in [0.1, 0.15) is 5.82 Å². The molecule has 7 nitrogen and oxygen atoms in total. The van der Waals surface area contributed by atoms with Crippen molar-refractivity contribution in [1.82, 2.24) is 24.6 Å². The Kier molecular flexibility index (Phi) is 5.78. The molecule has 2 aromatic heterocycles. The van der Waals surface area contributed by atoms with Gasteiger partial charge < -0.3 is 4.90 Å². The van der Waals surface area contributed by atoms with Gasteiger partial charge in [0.15, 0.2) is 16.8 Å². The molecule has 1 unspecified atom stereocenters. The van der Waals surface area contributed by atoms with E-state index in [1.54, 1.807) is 11.1 Å². The molecule has 1 atom stereocenters. The van der Waals surface area contributed by atoms with Gasteiger partial charge in [-0.3, -0.25) is 14.2 Å². The average molecular weight is 448 g/mol. The molecule has 0 saturated carbocycles. The molecule has 164 valence electrons. The maximum Gasteiger partial charge on any atom is 0.223 e. The number of Topliss-reactive ketones (excluding diaryl/α,β-unsaturated/α-hetero) is 1. The number of fused-ring (bicyclic) bond motifs is 1. The molecule has 1 aliphatic carbocycles. The standard InChI is InChI=1S/C24H25N5O2S/c1-16(23(31)19-11-10-17-6-4-7-18(17)14-19)32-24-27-26-21(15-28-13-5-9-22(28)30)29(24)20-8-2-3-12-25-20/h2-3,8,10-12,14,16H,4-7,9,13,15H2,1H3. The number of benzene rings is 1. The first-order valence-electron chi connectivity index (χ1n) is 11.1. The molecule has 0 radical (unpaired) electrons. The number of nitrogens with zero attached hydrogens (tertiary/aromatic N) is 5. The van der Waals surface area contributed by atoms with Crippen molar-refractivity contribution in [2.75, 3.05) is 6.54 Å². The van der Waals surface area contributed by atoms with E-state index in [4.69, 9.17) is 0 Å². The van der Waals surface area contributed by atoms with Crippen LogP contribution in [0, 0.1) is 0 Å². The van der Waals surface area contributed by atoms with Crippen molar-refractivity contribution < 1.29 is 9.59 Å². The number of aromatic nitrogens is 4. The van der Waals surface area contributed by atoms with Crippen LogP contribution in [0.25, 0.3) is 5.82 Å². The normalized spacial score (nSPS) is 16.4. The second kappa shape index (κ2) is 8.86. The van der Waals surface area contributed by atoms with Gasteiger partial charge in [-0.25, -0.2) is 4.98 Å².